The Morgan fingerprint density at radius 3 is 2.60 bits per heavy atom. The van der Waals surface area contributed by atoms with Crippen LogP contribution in [0.4, 0.5) is 0 Å². The maximum absolute atomic E-state index is 12.6. The number of nitrogens with zero attached hydrogens (tertiary/aromatic N) is 3. The Kier molecular flexibility index (Phi) is 7.65. The Morgan fingerprint density at radius 1 is 1.09 bits per heavy atom. The molecule has 0 saturated carbocycles. The van der Waals surface area contributed by atoms with E-state index >= 15 is 0 Å². The number of hydrogen-bond donors (Lipinski definition) is 1. The van der Waals surface area contributed by atoms with Gasteiger partial charge in [0.05, 0.1) is 25.6 Å². The van der Waals surface area contributed by atoms with Crippen molar-refractivity contribution in [1.29, 1.82) is 0 Å². The predicted molar refractivity (Wildman–Crippen MR) is 138 cm³/mol. The number of aromatic nitrogens is 3. The second-order valence-electron chi connectivity index (χ2n) is 8.48. The first-order valence-corrected chi connectivity index (χ1v) is 12.0. The van der Waals surface area contributed by atoms with Gasteiger partial charge in [-0.3, -0.25) is 4.79 Å². The second-order valence-corrected chi connectivity index (χ2v) is 8.48. The Labute approximate surface area is 206 Å². The van der Waals surface area contributed by atoms with E-state index in [4.69, 9.17) is 19.6 Å². The van der Waals surface area contributed by atoms with Crippen molar-refractivity contribution >= 4 is 16.9 Å². The van der Waals surface area contributed by atoms with Crippen LogP contribution in [0.2, 0.25) is 0 Å². The van der Waals surface area contributed by atoms with Crippen LogP contribution in [-0.4, -0.2) is 40.9 Å². The smallest absolute Gasteiger partial charge is 0.221 e. The van der Waals surface area contributed by atoms with E-state index in [0.717, 1.165) is 57.0 Å². The van der Waals surface area contributed by atoms with Gasteiger partial charge < -0.3 is 14.8 Å². The maximum atomic E-state index is 12.6. The van der Waals surface area contributed by atoms with Crippen molar-refractivity contribution in [2.24, 2.45) is 0 Å². The summed E-state index contributed by atoms with van der Waals surface area (Å²) >= 11 is 0. The van der Waals surface area contributed by atoms with Crippen LogP contribution in [0.1, 0.15) is 30.2 Å². The van der Waals surface area contributed by atoms with Crippen molar-refractivity contribution in [2.45, 2.75) is 40.2 Å². The minimum absolute atomic E-state index is 0.0113. The normalized spacial score (nSPS) is 11.0. The zero-order valence-electron chi connectivity index (χ0n) is 20.8. The van der Waals surface area contributed by atoms with Crippen LogP contribution < -0.4 is 14.8 Å². The number of amides is 1. The number of carbonyl (C=O) groups is 1. The molecule has 182 valence electrons. The summed E-state index contributed by atoms with van der Waals surface area (Å²) in [6.45, 7) is 7.67. The molecule has 0 spiro atoms. The molecule has 1 N–H and O–H groups in total. The molecule has 4 rings (SSSR count). The van der Waals surface area contributed by atoms with Crippen LogP contribution in [0.25, 0.3) is 22.3 Å². The summed E-state index contributed by atoms with van der Waals surface area (Å²) in [7, 11) is 1.66. The van der Waals surface area contributed by atoms with Crippen LogP contribution in [0.15, 0.2) is 54.6 Å². The largest absolute Gasteiger partial charge is 0.496 e. The lowest BCUT2D eigenvalue weighted by atomic mass is 10.0. The third-order valence-corrected chi connectivity index (χ3v) is 5.91. The van der Waals surface area contributed by atoms with E-state index in [0.29, 0.717) is 26.1 Å². The first-order chi connectivity index (χ1) is 17.0. The molecule has 0 saturated heterocycles. The lowest BCUT2D eigenvalue weighted by molar-refractivity contribution is -0.121. The molecule has 2 heterocycles. The molecule has 0 aliphatic carbocycles. The van der Waals surface area contributed by atoms with Crippen molar-refractivity contribution in [2.75, 3.05) is 20.3 Å². The molecule has 2 aromatic heterocycles. The number of rotatable bonds is 10. The highest BCUT2D eigenvalue weighted by molar-refractivity contribution is 5.95. The highest BCUT2D eigenvalue weighted by Gasteiger charge is 2.19. The first kappa shape index (κ1) is 24.3. The van der Waals surface area contributed by atoms with E-state index in [9.17, 15) is 4.79 Å². The monoisotopic (exact) mass is 472 g/mol. The Balaban J connectivity index is 1.46. The highest BCUT2D eigenvalue weighted by atomic mass is 16.5. The number of fused-ring (bicyclic) bond motifs is 1. The van der Waals surface area contributed by atoms with Crippen LogP contribution in [-0.2, 0) is 17.8 Å². The van der Waals surface area contributed by atoms with Gasteiger partial charge in [0.2, 0.25) is 5.91 Å². The summed E-state index contributed by atoms with van der Waals surface area (Å²) in [4.78, 5) is 17.3. The molecule has 7 nitrogen and oxygen atoms in total. The van der Waals surface area contributed by atoms with E-state index in [1.807, 2.05) is 67.1 Å². The average Bonchev–Trinajstić information content (AvgIpc) is 3.22. The summed E-state index contributed by atoms with van der Waals surface area (Å²) in [5.41, 5.74) is 5.68. The van der Waals surface area contributed by atoms with Gasteiger partial charge in [0.25, 0.3) is 0 Å². The van der Waals surface area contributed by atoms with Gasteiger partial charge in [0, 0.05) is 24.2 Å². The number of hydrogen-bond acceptors (Lipinski definition) is 5. The number of pyridine rings is 1. The third kappa shape index (κ3) is 5.62. The van der Waals surface area contributed by atoms with E-state index in [1.54, 1.807) is 7.11 Å². The molecular weight excluding hydrogens is 440 g/mol. The summed E-state index contributed by atoms with van der Waals surface area (Å²) in [5, 5.41) is 8.88. The van der Waals surface area contributed by atoms with Gasteiger partial charge >= 0.3 is 0 Å². The fraction of sp³-hybridized carbons (Fsp3) is 0.321. The van der Waals surface area contributed by atoms with Gasteiger partial charge in [0.15, 0.2) is 5.65 Å². The molecule has 0 fully saturated rings. The molecule has 7 heteroatoms. The van der Waals surface area contributed by atoms with Crippen molar-refractivity contribution in [3.8, 4) is 22.8 Å². The van der Waals surface area contributed by atoms with Gasteiger partial charge in [-0.15, -0.1) is 0 Å². The number of methoxy groups -OCH3 is 1. The minimum Gasteiger partial charge on any atom is -0.496 e. The van der Waals surface area contributed by atoms with Gasteiger partial charge in [-0.2, -0.15) is 5.10 Å². The van der Waals surface area contributed by atoms with Crippen molar-refractivity contribution < 1.29 is 14.3 Å². The fourth-order valence-electron chi connectivity index (χ4n) is 4.26. The topological polar surface area (TPSA) is 78.3 Å². The summed E-state index contributed by atoms with van der Waals surface area (Å²) in [5.74, 6) is 1.60. The lowest BCUT2D eigenvalue weighted by Crippen LogP contribution is -2.26. The van der Waals surface area contributed by atoms with E-state index in [-0.39, 0.29) is 5.91 Å². The molecule has 1 amide bonds. The first-order valence-electron chi connectivity index (χ1n) is 12.0. The maximum Gasteiger partial charge on any atom is 0.221 e. The molecule has 0 aliphatic rings. The Hall–Kier alpha value is -3.87. The zero-order valence-corrected chi connectivity index (χ0v) is 20.8. The number of para-hydroxylation sites is 1. The van der Waals surface area contributed by atoms with Crippen molar-refractivity contribution in [3.05, 3.63) is 71.4 Å². The molecule has 35 heavy (non-hydrogen) atoms. The molecule has 0 atom stereocenters. The third-order valence-electron chi connectivity index (χ3n) is 5.91. The van der Waals surface area contributed by atoms with Gasteiger partial charge in [0.1, 0.15) is 17.2 Å². The van der Waals surface area contributed by atoms with Crippen LogP contribution in [0.5, 0.6) is 11.5 Å². The number of aryl methyl sites for hydroxylation is 3. The molecule has 0 unspecified atom stereocenters. The van der Waals surface area contributed by atoms with E-state index in [1.165, 1.54) is 0 Å². The number of nitrogens with one attached hydrogen (secondary N) is 1. The highest BCUT2D eigenvalue weighted by Crippen LogP contribution is 2.35. The van der Waals surface area contributed by atoms with Crippen molar-refractivity contribution in [3.63, 3.8) is 0 Å². The standard InChI is InChI=1S/C28H32N4O3/c1-5-35-22-12-10-21(11-13-22)14-16-29-25(33)15-17-32-28-26(19(2)18-20(3)30-28)27(31-32)23-8-6-7-9-24(23)34-4/h6-13,18H,5,14-17H2,1-4H3,(H,29,33). The van der Waals surface area contributed by atoms with Crippen LogP contribution >= 0.6 is 0 Å². The molecule has 0 radical (unpaired) electrons. The molecule has 0 aliphatic heterocycles. The summed E-state index contributed by atoms with van der Waals surface area (Å²) < 4.78 is 12.9. The van der Waals surface area contributed by atoms with Gasteiger partial charge in [-0.25, -0.2) is 9.67 Å². The van der Waals surface area contributed by atoms with Crippen LogP contribution in [0.3, 0.4) is 0 Å². The summed E-state index contributed by atoms with van der Waals surface area (Å²) in [6.07, 6.45) is 1.08. The number of carbonyl (C=O) groups excluding carboxylic acids is 1. The van der Waals surface area contributed by atoms with Crippen molar-refractivity contribution in [1.82, 2.24) is 20.1 Å². The van der Waals surface area contributed by atoms with Crippen LogP contribution in [0, 0.1) is 13.8 Å². The van der Waals surface area contributed by atoms with Gasteiger partial charge in [-0.05, 0) is 68.7 Å². The fourth-order valence-corrected chi connectivity index (χ4v) is 4.26. The van der Waals surface area contributed by atoms with Gasteiger partial charge in [-0.1, -0.05) is 24.3 Å². The summed E-state index contributed by atoms with van der Waals surface area (Å²) in [6, 6.07) is 17.9. The predicted octanol–water partition coefficient (Wildman–Crippen LogP) is 4.87. The number of benzene rings is 2. The van der Waals surface area contributed by atoms with E-state index < -0.39 is 0 Å². The minimum atomic E-state index is -0.0113. The molecule has 4 aromatic rings. The Bertz CT molecular complexity index is 1310. The Morgan fingerprint density at radius 2 is 1.86 bits per heavy atom. The molecular formula is C28H32N4O3. The zero-order chi connectivity index (χ0) is 24.8. The van der Waals surface area contributed by atoms with E-state index in [2.05, 4.69) is 18.3 Å². The number of ether oxygens (including phenoxy) is 2. The quantitative estimate of drug-likeness (QED) is 0.356. The SMILES string of the molecule is CCOc1ccc(CCNC(=O)CCn2nc(-c3ccccc3OC)c3c(C)cc(C)nc32)cc1. The lowest BCUT2D eigenvalue weighted by Gasteiger charge is -2.08. The molecule has 0 bridgehead atoms. The molecule has 2 aromatic carbocycles. The second kappa shape index (κ2) is 11.0. The average molecular weight is 473 g/mol.